The Labute approximate surface area is 91.5 Å². The maximum absolute atomic E-state index is 5.84. The zero-order valence-electron chi connectivity index (χ0n) is 9.05. The highest BCUT2D eigenvalue weighted by molar-refractivity contribution is 6.30. The van der Waals surface area contributed by atoms with E-state index in [4.69, 9.17) is 11.6 Å². The third kappa shape index (κ3) is 3.00. The maximum Gasteiger partial charge on any atom is 0.0406 e. The largest absolute Gasteiger partial charge is 0.319 e. The highest BCUT2D eigenvalue weighted by Crippen LogP contribution is 2.24. The van der Waals surface area contributed by atoms with Crippen LogP contribution in [-0.4, -0.2) is 13.6 Å². The van der Waals surface area contributed by atoms with Gasteiger partial charge < -0.3 is 5.32 Å². The topological polar surface area (TPSA) is 12.0 Å². The smallest absolute Gasteiger partial charge is 0.0406 e. The first kappa shape index (κ1) is 11.5. The minimum absolute atomic E-state index is 0.569. The summed E-state index contributed by atoms with van der Waals surface area (Å²) in [6.07, 6.45) is 0. The molecule has 0 aliphatic heterocycles. The molecular weight excluding hydrogens is 194 g/mol. The average molecular weight is 212 g/mol. The molecule has 78 valence electrons. The lowest BCUT2D eigenvalue weighted by Crippen LogP contribution is -2.20. The van der Waals surface area contributed by atoms with Gasteiger partial charge in [-0.05, 0) is 43.1 Å². The molecule has 1 N–H and O–H groups in total. The van der Waals surface area contributed by atoms with Crippen LogP contribution in [0.15, 0.2) is 24.3 Å². The van der Waals surface area contributed by atoms with E-state index in [0.717, 1.165) is 11.6 Å². The van der Waals surface area contributed by atoms with Crippen molar-refractivity contribution in [2.45, 2.75) is 19.8 Å². The summed E-state index contributed by atoms with van der Waals surface area (Å²) >= 11 is 5.84. The highest BCUT2D eigenvalue weighted by Gasteiger charge is 2.12. The van der Waals surface area contributed by atoms with Crippen LogP contribution in [0.2, 0.25) is 5.02 Å². The second-order valence-corrected chi connectivity index (χ2v) is 4.31. The van der Waals surface area contributed by atoms with Gasteiger partial charge in [0.25, 0.3) is 0 Å². The molecule has 1 nitrogen and oxygen atoms in total. The monoisotopic (exact) mass is 211 g/mol. The predicted octanol–water partition coefficient (Wildman–Crippen LogP) is 3.30. The van der Waals surface area contributed by atoms with Crippen molar-refractivity contribution in [3.05, 3.63) is 34.9 Å². The van der Waals surface area contributed by atoms with E-state index in [1.54, 1.807) is 0 Å². The number of benzene rings is 1. The fraction of sp³-hybridized carbons (Fsp3) is 0.500. The van der Waals surface area contributed by atoms with Crippen molar-refractivity contribution in [3.63, 3.8) is 0 Å². The van der Waals surface area contributed by atoms with Crippen LogP contribution >= 0.6 is 11.6 Å². The summed E-state index contributed by atoms with van der Waals surface area (Å²) in [7, 11) is 1.99. The number of hydrogen-bond acceptors (Lipinski definition) is 1. The SMILES string of the molecule is CNCC(C)C(C)c1ccc(Cl)cc1. The molecule has 0 saturated carbocycles. The van der Waals surface area contributed by atoms with Gasteiger partial charge in [0.05, 0.1) is 0 Å². The van der Waals surface area contributed by atoms with Crippen molar-refractivity contribution in [2.75, 3.05) is 13.6 Å². The van der Waals surface area contributed by atoms with Crippen molar-refractivity contribution in [1.29, 1.82) is 0 Å². The third-order valence-electron chi connectivity index (χ3n) is 2.78. The lowest BCUT2D eigenvalue weighted by atomic mass is 9.89. The van der Waals surface area contributed by atoms with Crippen LogP contribution in [0.5, 0.6) is 0 Å². The molecule has 2 unspecified atom stereocenters. The Balaban J connectivity index is 2.68. The van der Waals surface area contributed by atoms with Gasteiger partial charge >= 0.3 is 0 Å². The lowest BCUT2D eigenvalue weighted by molar-refractivity contribution is 0.466. The Hall–Kier alpha value is -0.530. The molecular formula is C12H18ClN. The summed E-state index contributed by atoms with van der Waals surface area (Å²) in [4.78, 5) is 0. The van der Waals surface area contributed by atoms with Gasteiger partial charge in [0.15, 0.2) is 0 Å². The molecule has 1 aromatic carbocycles. The van der Waals surface area contributed by atoms with Gasteiger partial charge in [0.2, 0.25) is 0 Å². The quantitative estimate of drug-likeness (QED) is 0.806. The number of halogens is 1. The minimum atomic E-state index is 0.569. The van der Waals surface area contributed by atoms with E-state index >= 15 is 0 Å². The summed E-state index contributed by atoms with van der Waals surface area (Å²) in [6, 6.07) is 8.14. The highest BCUT2D eigenvalue weighted by atomic mass is 35.5. The number of rotatable bonds is 4. The third-order valence-corrected chi connectivity index (χ3v) is 3.03. The Bertz CT molecular complexity index is 268. The summed E-state index contributed by atoms with van der Waals surface area (Å²) in [5.74, 6) is 1.21. The van der Waals surface area contributed by atoms with Crippen LogP contribution in [0.25, 0.3) is 0 Å². The zero-order valence-corrected chi connectivity index (χ0v) is 9.81. The normalized spacial score (nSPS) is 15.1. The van der Waals surface area contributed by atoms with E-state index in [1.165, 1.54) is 5.56 Å². The zero-order chi connectivity index (χ0) is 10.6. The van der Waals surface area contributed by atoms with Crippen molar-refractivity contribution in [2.24, 2.45) is 5.92 Å². The molecule has 0 fully saturated rings. The number of nitrogens with one attached hydrogen (secondary N) is 1. The predicted molar refractivity (Wildman–Crippen MR) is 63.0 cm³/mol. The molecule has 1 rings (SSSR count). The summed E-state index contributed by atoms with van der Waals surface area (Å²) in [6.45, 7) is 5.56. The van der Waals surface area contributed by atoms with Crippen LogP contribution in [0, 0.1) is 5.92 Å². The molecule has 0 heterocycles. The summed E-state index contributed by atoms with van der Waals surface area (Å²) in [5.41, 5.74) is 1.36. The van der Waals surface area contributed by atoms with Crippen molar-refractivity contribution in [1.82, 2.24) is 5.32 Å². The molecule has 0 bridgehead atoms. The minimum Gasteiger partial charge on any atom is -0.319 e. The van der Waals surface area contributed by atoms with Crippen LogP contribution in [0.3, 0.4) is 0 Å². The maximum atomic E-state index is 5.84. The first-order chi connectivity index (χ1) is 6.65. The standard InChI is InChI=1S/C12H18ClN/c1-9(8-14-3)10(2)11-4-6-12(13)7-5-11/h4-7,9-10,14H,8H2,1-3H3. The molecule has 0 spiro atoms. The first-order valence-electron chi connectivity index (χ1n) is 5.05. The van der Waals surface area contributed by atoms with E-state index in [1.807, 2.05) is 19.2 Å². The Morgan fingerprint density at radius 3 is 2.29 bits per heavy atom. The molecule has 14 heavy (non-hydrogen) atoms. The Morgan fingerprint density at radius 2 is 1.79 bits per heavy atom. The van der Waals surface area contributed by atoms with Crippen LogP contribution in [0.4, 0.5) is 0 Å². The van der Waals surface area contributed by atoms with Crippen LogP contribution in [-0.2, 0) is 0 Å². The van der Waals surface area contributed by atoms with Crippen molar-refractivity contribution < 1.29 is 0 Å². The lowest BCUT2D eigenvalue weighted by Gasteiger charge is -2.19. The second-order valence-electron chi connectivity index (χ2n) is 3.88. The van der Waals surface area contributed by atoms with Crippen LogP contribution in [0.1, 0.15) is 25.3 Å². The Morgan fingerprint density at radius 1 is 1.21 bits per heavy atom. The fourth-order valence-electron chi connectivity index (χ4n) is 1.59. The molecule has 0 aromatic heterocycles. The van der Waals surface area contributed by atoms with Crippen molar-refractivity contribution in [3.8, 4) is 0 Å². The van der Waals surface area contributed by atoms with Crippen molar-refractivity contribution >= 4 is 11.6 Å². The molecule has 0 radical (unpaired) electrons. The van der Waals surface area contributed by atoms with E-state index in [9.17, 15) is 0 Å². The van der Waals surface area contributed by atoms with Gasteiger partial charge in [-0.1, -0.05) is 37.6 Å². The van der Waals surface area contributed by atoms with Gasteiger partial charge in [0, 0.05) is 5.02 Å². The van der Waals surface area contributed by atoms with E-state index in [0.29, 0.717) is 11.8 Å². The summed E-state index contributed by atoms with van der Waals surface area (Å²) < 4.78 is 0. The Kier molecular flexibility index (Phi) is 4.43. The van der Waals surface area contributed by atoms with Crippen LogP contribution < -0.4 is 5.32 Å². The van der Waals surface area contributed by atoms with Gasteiger partial charge in [0.1, 0.15) is 0 Å². The fourth-order valence-corrected chi connectivity index (χ4v) is 1.72. The van der Waals surface area contributed by atoms with E-state index < -0.39 is 0 Å². The van der Waals surface area contributed by atoms with Gasteiger partial charge in [-0.3, -0.25) is 0 Å². The molecule has 2 heteroatoms. The first-order valence-corrected chi connectivity index (χ1v) is 5.43. The van der Waals surface area contributed by atoms with E-state index in [-0.39, 0.29) is 0 Å². The molecule has 2 atom stereocenters. The van der Waals surface area contributed by atoms with Gasteiger partial charge in [-0.25, -0.2) is 0 Å². The molecule has 0 amide bonds. The molecule has 1 aromatic rings. The molecule has 0 aliphatic rings. The molecule has 0 saturated heterocycles. The second kappa shape index (κ2) is 5.38. The average Bonchev–Trinajstić information content (AvgIpc) is 2.18. The van der Waals surface area contributed by atoms with E-state index in [2.05, 4.69) is 31.3 Å². The van der Waals surface area contributed by atoms with Gasteiger partial charge in [-0.15, -0.1) is 0 Å². The molecule has 0 aliphatic carbocycles. The number of hydrogen-bond donors (Lipinski definition) is 1. The van der Waals surface area contributed by atoms with Gasteiger partial charge in [-0.2, -0.15) is 0 Å². The summed E-state index contributed by atoms with van der Waals surface area (Å²) in [5, 5.41) is 4.01.